The summed E-state index contributed by atoms with van der Waals surface area (Å²) < 4.78 is 49.3. The molecule has 1 unspecified atom stereocenters. The van der Waals surface area contributed by atoms with Crippen molar-refractivity contribution in [3.63, 3.8) is 0 Å². The van der Waals surface area contributed by atoms with Gasteiger partial charge in [0.2, 0.25) is 0 Å². The lowest BCUT2D eigenvalue weighted by Gasteiger charge is -2.42. The van der Waals surface area contributed by atoms with Crippen LogP contribution in [0.25, 0.3) is 0 Å². The van der Waals surface area contributed by atoms with E-state index in [4.69, 9.17) is 4.74 Å². The average Bonchev–Trinajstić information content (AvgIpc) is 3.31. The zero-order valence-electron chi connectivity index (χ0n) is 19.1. The van der Waals surface area contributed by atoms with Crippen molar-refractivity contribution in [2.45, 2.75) is 37.0 Å². The number of fused-ring (bicyclic) bond motifs is 1. The molecule has 1 N–H and O–H groups in total. The summed E-state index contributed by atoms with van der Waals surface area (Å²) in [6.07, 6.45) is -1.53. The van der Waals surface area contributed by atoms with Crippen molar-refractivity contribution in [1.82, 2.24) is 20.1 Å². The first-order chi connectivity index (χ1) is 16.7. The summed E-state index contributed by atoms with van der Waals surface area (Å²) in [4.78, 5) is 14.8. The standard InChI is InChI=1S/C25H24F3N5O2/c1-32-14-30-31-22(32)10-24(12-35-13-24)16-3-2-4-17(9-16)33-11-19-18(23(33)34)7-15(21-5-6-29-21)8-20(19)25(26,27)28/h2-4,7-9,14,21,29H,5-6,10-13H2,1H3. The van der Waals surface area contributed by atoms with E-state index in [-0.39, 0.29) is 29.1 Å². The second-order valence-corrected chi connectivity index (χ2v) is 9.64. The third kappa shape index (κ3) is 3.63. The number of amides is 1. The van der Waals surface area contributed by atoms with Crippen LogP contribution in [0.5, 0.6) is 0 Å². The van der Waals surface area contributed by atoms with Gasteiger partial charge in [-0.1, -0.05) is 12.1 Å². The molecule has 10 heteroatoms. The second-order valence-electron chi connectivity index (χ2n) is 9.64. The van der Waals surface area contributed by atoms with Crippen LogP contribution >= 0.6 is 0 Å². The third-order valence-electron chi connectivity index (χ3n) is 7.42. The van der Waals surface area contributed by atoms with Crippen LogP contribution in [-0.4, -0.2) is 40.4 Å². The van der Waals surface area contributed by atoms with Gasteiger partial charge in [-0.3, -0.25) is 4.79 Å². The van der Waals surface area contributed by atoms with Crippen molar-refractivity contribution in [2.75, 3.05) is 24.7 Å². The lowest BCUT2D eigenvalue weighted by atomic mass is 9.75. The Kier molecular flexibility index (Phi) is 5.01. The number of benzene rings is 2. The number of carbonyl (C=O) groups excluding carboxylic acids is 1. The van der Waals surface area contributed by atoms with Crippen LogP contribution in [0.2, 0.25) is 0 Å². The molecule has 0 radical (unpaired) electrons. The molecule has 0 spiro atoms. The van der Waals surface area contributed by atoms with Crippen LogP contribution in [0.1, 0.15) is 50.9 Å². The number of aromatic nitrogens is 3. The van der Waals surface area contributed by atoms with Gasteiger partial charge >= 0.3 is 6.18 Å². The van der Waals surface area contributed by atoms with E-state index in [1.165, 1.54) is 11.0 Å². The molecule has 3 aliphatic heterocycles. The van der Waals surface area contributed by atoms with Gasteiger partial charge in [-0.05, 0) is 53.9 Å². The molecule has 0 bridgehead atoms. The molecule has 2 saturated heterocycles. The van der Waals surface area contributed by atoms with Gasteiger partial charge in [-0.25, -0.2) is 0 Å². The maximum atomic E-state index is 14.0. The molecule has 3 aromatic rings. The number of nitrogens with one attached hydrogen (secondary N) is 1. The molecular weight excluding hydrogens is 459 g/mol. The molecule has 6 rings (SSSR count). The molecule has 3 aliphatic rings. The van der Waals surface area contributed by atoms with Crippen molar-refractivity contribution in [1.29, 1.82) is 0 Å². The fourth-order valence-corrected chi connectivity index (χ4v) is 5.16. The van der Waals surface area contributed by atoms with Gasteiger partial charge in [-0.2, -0.15) is 13.2 Å². The minimum atomic E-state index is -4.54. The fourth-order valence-electron chi connectivity index (χ4n) is 5.16. The number of halogens is 3. The van der Waals surface area contributed by atoms with E-state index in [9.17, 15) is 18.0 Å². The van der Waals surface area contributed by atoms with Crippen molar-refractivity contribution in [3.8, 4) is 0 Å². The molecule has 35 heavy (non-hydrogen) atoms. The van der Waals surface area contributed by atoms with Gasteiger partial charge < -0.3 is 19.5 Å². The number of rotatable bonds is 5. The summed E-state index contributed by atoms with van der Waals surface area (Å²) in [6, 6.07) is 10.1. The Morgan fingerprint density at radius 3 is 2.63 bits per heavy atom. The number of carbonyl (C=O) groups is 1. The minimum Gasteiger partial charge on any atom is -0.379 e. The number of aryl methyl sites for hydroxylation is 1. The van der Waals surface area contributed by atoms with Crippen molar-refractivity contribution >= 4 is 11.6 Å². The van der Waals surface area contributed by atoms with Crippen LogP contribution in [0, 0.1) is 0 Å². The highest BCUT2D eigenvalue weighted by Crippen LogP contribution is 2.42. The number of alkyl halides is 3. The highest BCUT2D eigenvalue weighted by Gasteiger charge is 2.44. The van der Waals surface area contributed by atoms with Crippen LogP contribution in [0.3, 0.4) is 0 Å². The lowest BCUT2D eigenvalue weighted by Crippen LogP contribution is -2.49. The summed E-state index contributed by atoms with van der Waals surface area (Å²) in [5.74, 6) is 0.409. The monoisotopic (exact) mass is 483 g/mol. The van der Waals surface area contributed by atoms with Crippen LogP contribution < -0.4 is 10.2 Å². The molecule has 0 saturated carbocycles. The van der Waals surface area contributed by atoms with Crippen molar-refractivity contribution in [3.05, 3.63) is 76.4 Å². The molecule has 1 atom stereocenters. The Labute approximate surface area is 199 Å². The Morgan fingerprint density at radius 1 is 1.23 bits per heavy atom. The molecular formula is C25H24F3N5O2. The predicted octanol–water partition coefficient (Wildman–Crippen LogP) is 3.54. The molecule has 1 amide bonds. The van der Waals surface area contributed by atoms with Crippen LogP contribution in [0.15, 0.2) is 42.7 Å². The summed E-state index contributed by atoms with van der Waals surface area (Å²) >= 11 is 0. The summed E-state index contributed by atoms with van der Waals surface area (Å²) in [7, 11) is 1.88. The molecule has 182 valence electrons. The maximum Gasteiger partial charge on any atom is 0.416 e. The first-order valence-corrected chi connectivity index (χ1v) is 11.6. The van der Waals surface area contributed by atoms with Gasteiger partial charge in [0.25, 0.3) is 5.91 Å². The van der Waals surface area contributed by atoms with Crippen molar-refractivity contribution in [2.24, 2.45) is 7.05 Å². The van der Waals surface area contributed by atoms with E-state index in [0.29, 0.717) is 30.9 Å². The van der Waals surface area contributed by atoms with Crippen LogP contribution in [0.4, 0.5) is 18.9 Å². The predicted molar refractivity (Wildman–Crippen MR) is 121 cm³/mol. The lowest BCUT2D eigenvalue weighted by molar-refractivity contribution is -0.138. The molecule has 0 aliphatic carbocycles. The topological polar surface area (TPSA) is 72.3 Å². The SMILES string of the molecule is Cn1cnnc1CC1(c2cccc(N3Cc4c(cc(C5CCN5)cc4C(F)(F)F)C3=O)c2)COC1. The minimum absolute atomic E-state index is 0.0387. The number of ether oxygens (including phenoxy) is 1. The largest absolute Gasteiger partial charge is 0.416 e. The van der Waals surface area contributed by atoms with Crippen LogP contribution in [-0.2, 0) is 36.3 Å². The Balaban J connectivity index is 1.35. The van der Waals surface area contributed by atoms with E-state index in [1.807, 2.05) is 29.8 Å². The van der Waals surface area contributed by atoms with E-state index < -0.39 is 17.6 Å². The Hall–Kier alpha value is -3.24. The first-order valence-electron chi connectivity index (χ1n) is 11.6. The summed E-state index contributed by atoms with van der Waals surface area (Å²) in [5, 5.41) is 11.3. The molecule has 4 heterocycles. The molecule has 7 nitrogen and oxygen atoms in total. The quantitative estimate of drug-likeness (QED) is 0.601. The fraction of sp³-hybridized carbons (Fsp3) is 0.400. The van der Waals surface area contributed by atoms with E-state index >= 15 is 0 Å². The van der Waals surface area contributed by atoms with Gasteiger partial charge in [-0.15, -0.1) is 10.2 Å². The molecule has 1 aromatic heterocycles. The summed E-state index contributed by atoms with van der Waals surface area (Å²) in [6.45, 7) is 1.63. The zero-order chi connectivity index (χ0) is 24.4. The van der Waals surface area contributed by atoms with E-state index in [0.717, 1.165) is 24.4 Å². The van der Waals surface area contributed by atoms with E-state index in [2.05, 4.69) is 15.5 Å². The smallest absolute Gasteiger partial charge is 0.379 e. The number of hydrogen-bond acceptors (Lipinski definition) is 5. The highest BCUT2D eigenvalue weighted by molar-refractivity contribution is 6.10. The first kappa shape index (κ1) is 22.2. The average molecular weight is 483 g/mol. The van der Waals surface area contributed by atoms with Gasteiger partial charge in [0.15, 0.2) is 0 Å². The van der Waals surface area contributed by atoms with Gasteiger partial charge in [0, 0.05) is 36.2 Å². The zero-order valence-corrected chi connectivity index (χ0v) is 19.1. The van der Waals surface area contributed by atoms with E-state index in [1.54, 1.807) is 18.5 Å². The van der Waals surface area contributed by atoms with Crippen molar-refractivity contribution < 1.29 is 22.7 Å². The normalized spacial score (nSPS) is 21.0. The number of nitrogens with zero attached hydrogens (tertiary/aromatic N) is 4. The third-order valence-corrected chi connectivity index (χ3v) is 7.42. The Morgan fingerprint density at radius 2 is 2.03 bits per heavy atom. The number of hydrogen-bond donors (Lipinski definition) is 1. The molecule has 2 fully saturated rings. The second kappa shape index (κ2) is 7.89. The van der Waals surface area contributed by atoms with Gasteiger partial charge in [0.05, 0.1) is 25.3 Å². The summed E-state index contributed by atoms with van der Waals surface area (Å²) in [5.41, 5.74) is 1.17. The highest BCUT2D eigenvalue weighted by atomic mass is 19.4. The maximum absolute atomic E-state index is 14.0. The van der Waals surface area contributed by atoms with Gasteiger partial charge in [0.1, 0.15) is 12.2 Å². The number of anilines is 1. The molecule has 2 aromatic carbocycles. The Bertz CT molecular complexity index is 1310.